The highest BCUT2D eigenvalue weighted by Crippen LogP contribution is 2.25. The van der Waals surface area contributed by atoms with Crippen LogP contribution in [0.1, 0.15) is 41.3 Å². The van der Waals surface area contributed by atoms with Crippen molar-refractivity contribution in [3.63, 3.8) is 0 Å². The molecule has 0 fully saturated rings. The number of nitriles is 1. The molecule has 21 heavy (non-hydrogen) atoms. The van der Waals surface area contributed by atoms with Crippen molar-refractivity contribution in [2.75, 3.05) is 5.32 Å². The molecular weight excluding hydrogens is 258 g/mol. The van der Waals surface area contributed by atoms with Gasteiger partial charge < -0.3 is 5.32 Å². The molecule has 2 aromatic rings. The van der Waals surface area contributed by atoms with Crippen molar-refractivity contribution < 1.29 is 0 Å². The van der Waals surface area contributed by atoms with E-state index in [0.717, 1.165) is 37.2 Å². The first-order chi connectivity index (χ1) is 10.3. The Labute approximate surface area is 125 Å². The Morgan fingerprint density at radius 1 is 1.24 bits per heavy atom. The fraction of sp³-hybridized carbons (Fsp3) is 0.333. The quantitative estimate of drug-likeness (QED) is 0.928. The fourth-order valence-electron chi connectivity index (χ4n) is 2.95. The lowest BCUT2D eigenvalue weighted by Crippen LogP contribution is -2.07. The molecule has 0 saturated carbocycles. The average Bonchev–Trinajstić information content (AvgIpc) is 2.99. The van der Waals surface area contributed by atoms with E-state index in [1.165, 1.54) is 16.7 Å². The molecule has 1 N–H and O–H groups in total. The Morgan fingerprint density at radius 2 is 2.05 bits per heavy atom. The van der Waals surface area contributed by atoms with Crippen molar-refractivity contribution in [2.24, 2.45) is 0 Å². The van der Waals surface area contributed by atoms with Gasteiger partial charge in [-0.1, -0.05) is 31.2 Å². The van der Waals surface area contributed by atoms with E-state index in [1.807, 2.05) is 6.07 Å². The maximum Gasteiger partial charge on any atom is 0.144 e. The minimum Gasteiger partial charge on any atom is -0.365 e. The van der Waals surface area contributed by atoms with Gasteiger partial charge in [-0.05, 0) is 48.4 Å². The van der Waals surface area contributed by atoms with Crippen LogP contribution in [0.15, 0.2) is 30.3 Å². The first-order valence-corrected chi connectivity index (χ1v) is 7.55. The minimum absolute atomic E-state index is 0.657. The summed E-state index contributed by atoms with van der Waals surface area (Å²) in [4.78, 5) is 4.66. The summed E-state index contributed by atoms with van der Waals surface area (Å²) in [7, 11) is 0. The van der Waals surface area contributed by atoms with Crippen LogP contribution < -0.4 is 5.32 Å². The number of nitrogens with one attached hydrogen (secondary N) is 1. The number of anilines is 1. The van der Waals surface area contributed by atoms with Gasteiger partial charge in [-0.25, -0.2) is 4.98 Å². The summed E-state index contributed by atoms with van der Waals surface area (Å²) in [6.07, 6.45) is 4.24. The van der Waals surface area contributed by atoms with Crippen LogP contribution in [0.3, 0.4) is 0 Å². The van der Waals surface area contributed by atoms with Gasteiger partial charge in [0.25, 0.3) is 0 Å². The van der Waals surface area contributed by atoms with E-state index >= 15 is 0 Å². The molecule has 0 bridgehead atoms. The van der Waals surface area contributed by atoms with Crippen LogP contribution in [-0.2, 0) is 25.8 Å². The summed E-state index contributed by atoms with van der Waals surface area (Å²) < 4.78 is 0. The number of aryl methyl sites for hydroxylation is 3. The number of rotatable bonds is 4. The predicted octanol–water partition coefficient (Wildman–Crippen LogP) is 3.62. The van der Waals surface area contributed by atoms with Gasteiger partial charge in [-0.3, -0.25) is 0 Å². The highest BCUT2D eigenvalue weighted by atomic mass is 15.0. The lowest BCUT2D eigenvalue weighted by atomic mass is 10.1. The predicted molar refractivity (Wildman–Crippen MR) is 84.1 cm³/mol. The van der Waals surface area contributed by atoms with Gasteiger partial charge >= 0.3 is 0 Å². The second-order valence-corrected chi connectivity index (χ2v) is 5.43. The molecule has 106 valence electrons. The van der Waals surface area contributed by atoms with Crippen LogP contribution in [0.4, 0.5) is 5.82 Å². The molecule has 0 unspecified atom stereocenters. The van der Waals surface area contributed by atoms with E-state index in [4.69, 9.17) is 0 Å². The molecule has 1 aliphatic carbocycles. The highest BCUT2D eigenvalue weighted by Gasteiger charge is 2.16. The molecular formula is C18H19N3. The van der Waals surface area contributed by atoms with Gasteiger partial charge in [-0.15, -0.1) is 0 Å². The fourth-order valence-corrected chi connectivity index (χ4v) is 2.95. The normalized spacial score (nSPS) is 12.8. The molecule has 1 aromatic carbocycles. The van der Waals surface area contributed by atoms with Gasteiger partial charge in [0.2, 0.25) is 0 Å². The maximum atomic E-state index is 9.32. The van der Waals surface area contributed by atoms with Crippen molar-refractivity contribution >= 4 is 5.82 Å². The third-order valence-electron chi connectivity index (χ3n) is 4.12. The Kier molecular flexibility index (Phi) is 3.87. The molecule has 0 radical (unpaired) electrons. The molecule has 0 aliphatic heterocycles. The first kappa shape index (κ1) is 13.6. The van der Waals surface area contributed by atoms with Gasteiger partial charge in [0.05, 0.1) is 5.56 Å². The van der Waals surface area contributed by atoms with Gasteiger partial charge in [-0.2, -0.15) is 5.26 Å². The van der Waals surface area contributed by atoms with Crippen LogP contribution >= 0.6 is 0 Å². The Balaban J connectivity index is 1.84. The Morgan fingerprint density at radius 3 is 2.81 bits per heavy atom. The number of aromatic nitrogens is 1. The molecule has 3 heteroatoms. The second kappa shape index (κ2) is 5.97. The van der Waals surface area contributed by atoms with Crippen molar-refractivity contribution in [3.8, 4) is 6.07 Å². The smallest absolute Gasteiger partial charge is 0.144 e. The summed E-state index contributed by atoms with van der Waals surface area (Å²) in [5.74, 6) is 0.726. The Bertz CT molecular complexity index is 698. The standard InChI is InChI=1S/C18H19N3/c1-2-13-6-3-4-7-15(13)12-20-18-16(11-19)10-14-8-5-9-17(14)21-18/h3-4,6-7,10H,2,5,8-9,12H2,1H3,(H,20,21). The second-order valence-electron chi connectivity index (χ2n) is 5.43. The number of nitrogens with zero attached hydrogens (tertiary/aromatic N) is 2. The molecule has 1 aromatic heterocycles. The van der Waals surface area contributed by atoms with Gasteiger partial charge in [0.1, 0.15) is 11.9 Å². The van der Waals surface area contributed by atoms with E-state index < -0.39 is 0 Å². The molecule has 0 spiro atoms. The number of benzene rings is 1. The van der Waals surface area contributed by atoms with Crippen molar-refractivity contribution in [1.29, 1.82) is 5.26 Å². The number of fused-ring (bicyclic) bond motifs is 1. The Hall–Kier alpha value is -2.34. The average molecular weight is 277 g/mol. The van der Waals surface area contributed by atoms with Crippen LogP contribution in [0.5, 0.6) is 0 Å². The molecule has 0 atom stereocenters. The lowest BCUT2D eigenvalue weighted by molar-refractivity contribution is 0.899. The van der Waals surface area contributed by atoms with Crippen LogP contribution in [0.25, 0.3) is 0 Å². The van der Waals surface area contributed by atoms with E-state index in [-0.39, 0.29) is 0 Å². The third kappa shape index (κ3) is 2.75. The zero-order valence-corrected chi connectivity index (χ0v) is 12.3. The van der Waals surface area contributed by atoms with Gasteiger partial charge in [0, 0.05) is 12.2 Å². The van der Waals surface area contributed by atoms with E-state index in [0.29, 0.717) is 12.1 Å². The van der Waals surface area contributed by atoms with Crippen LogP contribution in [0, 0.1) is 11.3 Å². The minimum atomic E-state index is 0.657. The SMILES string of the molecule is CCc1ccccc1CNc1nc2c(cc1C#N)CCC2. The summed E-state index contributed by atoms with van der Waals surface area (Å²) in [6, 6.07) is 12.7. The van der Waals surface area contributed by atoms with E-state index in [1.54, 1.807) is 0 Å². The van der Waals surface area contributed by atoms with Crippen LogP contribution in [-0.4, -0.2) is 4.98 Å². The number of hydrogen-bond acceptors (Lipinski definition) is 3. The van der Waals surface area contributed by atoms with Crippen molar-refractivity contribution in [2.45, 2.75) is 39.2 Å². The molecule has 1 aliphatic rings. The zero-order valence-electron chi connectivity index (χ0n) is 12.3. The zero-order chi connectivity index (χ0) is 14.7. The molecule has 3 rings (SSSR count). The van der Waals surface area contributed by atoms with Gasteiger partial charge in [0.15, 0.2) is 0 Å². The summed E-state index contributed by atoms with van der Waals surface area (Å²) >= 11 is 0. The molecule has 1 heterocycles. The summed E-state index contributed by atoms with van der Waals surface area (Å²) in [5.41, 5.74) is 5.66. The van der Waals surface area contributed by atoms with Crippen molar-refractivity contribution in [3.05, 3.63) is 58.3 Å². The topological polar surface area (TPSA) is 48.7 Å². The molecule has 0 saturated heterocycles. The lowest BCUT2D eigenvalue weighted by Gasteiger charge is -2.12. The highest BCUT2D eigenvalue weighted by molar-refractivity contribution is 5.55. The van der Waals surface area contributed by atoms with E-state index in [2.05, 4.69) is 47.6 Å². The van der Waals surface area contributed by atoms with Crippen molar-refractivity contribution in [1.82, 2.24) is 4.98 Å². The summed E-state index contributed by atoms with van der Waals surface area (Å²) in [6.45, 7) is 2.87. The van der Waals surface area contributed by atoms with Crippen LogP contribution in [0.2, 0.25) is 0 Å². The summed E-state index contributed by atoms with van der Waals surface area (Å²) in [5, 5.41) is 12.7. The largest absolute Gasteiger partial charge is 0.365 e. The first-order valence-electron chi connectivity index (χ1n) is 7.55. The van der Waals surface area contributed by atoms with E-state index in [9.17, 15) is 5.26 Å². The number of hydrogen-bond donors (Lipinski definition) is 1. The monoisotopic (exact) mass is 277 g/mol. The molecule has 0 amide bonds. The third-order valence-corrected chi connectivity index (χ3v) is 4.12. The number of pyridine rings is 1. The maximum absolute atomic E-state index is 9.32. The molecule has 3 nitrogen and oxygen atoms in total.